The number of phenols is 1. The number of aliphatic hydroxyl groups excluding tert-OH is 1. The van der Waals surface area contributed by atoms with Crippen LogP contribution in [0.4, 0.5) is 5.69 Å². The van der Waals surface area contributed by atoms with Crippen molar-refractivity contribution in [1.29, 1.82) is 0 Å². The van der Waals surface area contributed by atoms with Crippen LogP contribution in [0.15, 0.2) is 60.7 Å². The van der Waals surface area contributed by atoms with E-state index in [-0.39, 0.29) is 12.4 Å². The summed E-state index contributed by atoms with van der Waals surface area (Å²) in [5.74, 6) is 0.390. The first-order chi connectivity index (χ1) is 15.6. The quantitative estimate of drug-likeness (QED) is 0.190. The lowest BCUT2D eigenvalue weighted by molar-refractivity contribution is -0.105. The number of hydrogen-bond donors (Lipinski definition) is 5. The highest BCUT2D eigenvalue weighted by Crippen LogP contribution is 2.35. The van der Waals surface area contributed by atoms with Crippen molar-refractivity contribution in [2.75, 3.05) is 11.7 Å². The van der Waals surface area contributed by atoms with Crippen LogP contribution in [-0.2, 0) is 22.4 Å². The summed E-state index contributed by atoms with van der Waals surface area (Å²) in [5, 5.41) is 20.7. The Hall–Kier alpha value is -3.16. The van der Waals surface area contributed by atoms with E-state index < -0.39 is 13.9 Å². The molecule has 0 spiro atoms. The van der Waals surface area contributed by atoms with Crippen LogP contribution < -0.4 is 10.1 Å². The Balaban J connectivity index is 0.000000405. The second-order valence-electron chi connectivity index (χ2n) is 7.41. The van der Waals surface area contributed by atoms with E-state index in [0.29, 0.717) is 24.3 Å². The second-order valence-corrected chi connectivity index (χ2v) is 9.00. The molecule has 3 aromatic rings. The van der Waals surface area contributed by atoms with Gasteiger partial charge < -0.3 is 30.1 Å². The first-order valence-electron chi connectivity index (χ1n) is 10.1. The van der Waals surface area contributed by atoms with Crippen LogP contribution in [0.25, 0.3) is 0 Å². The fourth-order valence-electron chi connectivity index (χ4n) is 3.13. The summed E-state index contributed by atoms with van der Waals surface area (Å²) in [6.45, 7) is 3.91. The van der Waals surface area contributed by atoms with Gasteiger partial charge in [-0.2, -0.15) is 0 Å². The second kappa shape index (κ2) is 12.2. The number of nitrogens with one attached hydrogen (secondary N) is 1. The Morgan fingerprint density at radius 2 is 1.61 bits per heavy atom. The predicted octanol–water partition coefficient (Wildman–Crippen LogP) is 3.86. The van der Waals surface area contributed by atoms with Crippen molar-refractivity contribution < 1.29 is 34.1 Å². The highest BCUT2D eigenvalue weighted by molar-refractivity contribution is 7.51. The van der Waals surface area contributed by atoms with E-state index in [1.807, 2.05) is 44.2 Å². The molecule has 0 aliphatic heterocycles. The number of aryl methyl sites for hydroxylation is 2. The first-order valence-corrected chi connectivity index (χ1v) is 11.9. The van der Waals surface area contributed by atoms with E-state index in [1.165, 1.54) is 6.07 Å². The molecular weight excluding hydrogens is 445 g/mol. The number of phenolic OH excluding ortho intramolecular Hbond substituents is 1. The Kier molecular flexibility index (Phi) is 9.63. The lowest BCUT2D eigenvalue weighted by Crippen LogP contribution is -2.02. The molecule has 0 saturated heterocycles. The normalized spacial score (nSPS) is 10.7. The highest BCUT2D eigenvalue weighted by Gasteiger charge is 2.15. The smallest absolute Gasteiger partial charge is 0.362 e. The van der Waals surface area contributed by atoms with Gasteiger partial charge in [0.1, 0.15) is 11.5 Å². The number of amides is 1. The molecule has 0 heterocycles. The van der Waals surface area contributed by atoms with E-state index in [9.17, 15) is 14.5 Å². The van der Waals surface area contributed by atoms with Crippen molar-refractivity contribution in [3.63, 3.8) is 0 Å². The number of anilines is 1. The molecule has 9 heteroatoms. The van der Waals surface area contributed by atoms with Gasteiger partial charge in [-0.1, -0.05) is 36.4 Å². The van der Waals surface area contributed by atoms with Crippen LogP contribution in [-0.4, -0.2) is 32.8 Å². The Morgan fingerprint density at radius 3 is 2.12 bits per heavy atom. The highest BCUT2D eigenvalue weighted by atomic mass is 31.2. The molecule has 1 amide bonds. The molecule has 0 radical (unpaired) electrons. The number of ether oxygens (including phenoxy) is 1. The van der Waals surface area contributed by atoms with Gasteiger partial charge in [-0.05, 0) is 72.4 Å². The standard InChI is InChI=1S/C17H20NO6P.C7H8O/c1-11-5-14(24-10-25(21,22)23)6-12(2)15(11)7-13-3-4-17(20)16(8-13)18-9-19;8-6-7-4-2-1-3-5-7/h3-6,8-9,20H,7,10H2,1-2H3,(H,18,19)(H2,21,22,23);1-5,8H,6H2. The number of carbonyl (C=O) groups excluding carboxylic acids is 1. The number of aromatic hydroxyl groups is 1. The van der Waals surface area contributed by atoms with Crippen molar-refractivity contribution in [1.82, 2.24) is 0 Å². The summed E-state index contributed by atoms with van der Waals surface area (Å²) in [4.78, 5) is 28.4. The fraction of sp³-hybridized carbons (Fsp3) is 0.208. The van der Waals surface area contributed by atoms with Gasteiger partial charge in [-0.25, -0.2) is 0 Å². The molecule has 0 unspecified atom stereocenters. The van der Waals surface area contributed by atoms with E-state index in [0.717, 1.165) is 27.8 Å². The minimum Gasteiger partial charge on any atom is -0.506 e. The zero-order valence-electron chi connectivity index (χ0n) is 18.4. The van der Waals surface area contributed by atoms with E-state index in [1.54, 1.807) is 24.3 Å². The number of benzene rings is 3. The molecule has 33 heavy (non-hydrogen) atoms. The summed E-state index contributed by atoms with van der Waals surface area (Å²) in [5.41, 5.74) is 5.07. The predicted molar refractivity (Wildman–Crippen MR) is 126 cm³/mol. The van der Waals surface area contributed by atoms with Crippen LogP contribution >= 0.6 is 7.60 Å². The Labute approximate surface area is 192 Å². The van der Waals surface area contributed by atoms with E-state index in [4.69, 9.17) is 19.6 Å². The molecular formula is C24H28NO7P. The van der Waals surface area contributed by atoms with Gasteiger partial charge in [0.05, 0.1) is 12.3 Å². The van der Waals surface area contributed by atoms with Crippen LogP contribution in [0, 0.1) is 13.8 Å². The molecule has 0 aliphatic rings. The topological polar surface area (TPSA) is 136 Å². The maximum Gasteiger partial charge on any atom is 0.362 e. The van der Waals surface area contributed by atoms with E-state index >= 15 is 0 Å². The average Bonchev–Trinajstić information content (AvgIpc) is 2.77. The number of aliphatic hydroxyl groups is 1. The largest absolute Gasteiger partial charge is 0.506 e. The minimum absolute atomic E-state index is 0.00882. The SMILES string of the molecule is Cc1cc(OCP(=O)(O)O)cc(C)c1Cc1ccc(O)c(NC=O)c1.OCc1ccccc1. The lowest BCUT2D eigenvalue weighted by Gasteiger charge is -2.15. The van der Waals surface area contributed by atoms with E-state index in [2.05, 4.69) is 5.32 Å². The summed E-state index contributed by atoms with van der Waals surface area (Å²) in [6.07, 6.45) is 0.413. The number of hydrogen-bond acceptors (Lipinski definition) is 5. The first kappa shape index (κ1) is 26.1. The molecule has 0 bridgehead atoms. The van der Waals surface area contributed by atoms with Crippen LogP contribution in [0.3, 0.4) is 0 Å². The molecule has 5 N–H and O–H groups in total. The molecule has 0 saturated carbocycles. The minimum atomic E-state index is -4.23. The Morgan fingerprint density at radius 1 is 0.970 bits per heavy atom. The van der Waals surface area contributed by atoms with Gasteiger partial charge in [0.25, 0.3) is 0 Å². The molecule has 0 atom stereocenters. The van der Waals surface area contributed by atoms with Gasteiger partial charge in [-0.15, -0.1) is 0 Å². The molecule has 3 aromatic carbocycles. The van der Waals surface area contributed by atoms with Crippen LogP contribution in [0.5, 0.6) is 11.5 Å². The summed E-state index contributed by atoms with van der Waals surface area (Å²) in [7, 11) is -4.23. The summed E-state index contributed by atoms with van der Waals surface area (Å²) in [6, 6.07) is 18.0. The maximum absolute atomic E-state index is 10.9. The van der Waals surface area contributed by atoms with Crippen LogP contribution in [0.2, 0.25) is 0 Å². The Bertz CT molecular complexity index is 1090. The molecule has 8 nitrogen and oxygen atoms in total. The fourth-order valence-corrected chi connectivity index (χ4v) is 3.45. The molecule has 0 aliphatic carbocycles. The maximum atomic E-state index is 10.9. The molecule has 0 fully saturated rings. The number of rotatable bonds is 8. The van der Waals surface area contributed by atoms with Crippen molar-refractivity contribution in [2.24, 2.45) is 0 Å². The summed E-state index contributed by atoms with van der Waals surface area (Å²) >= 11 is 0. The zero-order valence-corrected chi connectivity index (χ0v) is 19.3. The van der Waals surface area contributed by atoms with Gasteiger partial charge in [0.15, 0.2) is 6.35 Å². The van der Waals surface area contributed by atoms with Gasteiger partial charge in [0.2, 0.25) is 6.41 Å². The van der Waals surface area contributed by atoms with Gasteiger partial charge in [0, 0.05) is 0 Å². The van der Waals surface area contributed by atoms with Gasteiger partial charge in [-0.3, -0.25) is 9.36 Å². The molecule has 176 valence electrons. The van der Waals surface area contributed by atoms with Crippen molar-refractivity contribution >= 4 is 19.7 Å². The third-order valence-corrected chi connectivity index (χ3v) is 5.22. The molecule has 0 aromatic heterocycles. The number of carbonyl (C=O) groups is 1. The average molecular weight is 473 g/mol. The summed E-state index contributed by atoms with van der Waals surface area (Å²) < 4.78 is 16.1. The molecule has 3 rings (SSSR count). The third-order valence-electron chi connectivity index (χ3n) is 4.75. The zero-order chi connectivity index (χ0) is 24.4. The van der Waals surface area contributed by atoms with Gasteiger partial charge >= 0.3 is 7.60 Å². The lowest BCUT2D eigenvalue weighted by atomic mass is 9.95. The van der Waals surface area contributed by atoms with Crippen molar-refractivity contribution in [3.05, 3.63) is 88.5 Å². The van der Waals surface area contributed by atoms with Crippen molar-refractivity contribution in [2.45, 2.75) is 26.9 Å². The van der Waals surface area contributed by atoms with Crippen LogP contribution in [0.1, 0.15) is 27.8 Å². The van der Waals surface area contributed by atoms with Crippen molar-refractivity contribution in [3.8, 4) is 11.5 Å². The third kappa shape index (κ3) is 8.71. The monoisotopic (exact) mass is 473 g/mol.